The van der Waals surface area contributed by atoms with Gasteiger partial charge in [0.25, 0.3) is 0 Å². The molecule has 1 aromatic heterocycles. The number of hydrogen-bond acceptors (Lipinski definition) is 2. The highest BCUT2D eigenvalue weighted by Gasteiger charge is 2.41. The first-order chi connectivity index (χ1) is 7.36. The normalized spacial score (nSPS) is 23.2. The van der Waals surface area contributed by atoms with Crippen molar-refractivity contribution in [3.63, 3.8) is 0 Å². The van der Waals surface area contributed by atoms with Crippen LogP contribution in [0.1, 0.15) is 44.6 Å². The zero-order valence-electron chi connectivity index (χ0n) is 10.2. The highest BCUT2D eigenvalue weighted by Crippen LogP contribution is 2.45. The van der Waals surface area contributed by atoms with Crippen LogP contribution in [0.3, 0.4) is 0 Å². The zero-order valence-corrected chi connectivity index (χ0v) is 11.8. The van der Waals surface area contributed by atoms with Gasteiger partial charge in [0, 0.05) is 12.0 Å². The molecule has 0 spiro atoms. The second-order valence-corrected chi connectivity index (χ2v) is 5.28. The van der Waals surface area contributed by atoms with E-state index < -0.39 is 0 Å². The Bertz CT molecular complexity index is 280. The van der Waals surface area contributed by atoms with E-state index >= 15 is 0 Å². The Balaban J connectivity index is 0.00000128. The summed E-state index contributed by atoms with van der Waals surface area (Å²) in [6, 6.07) is 3.14. The fourth-order valence-electron chi connectivity index (χ4n) is 2.45. The van der Waals surface area contributed by atoms with Crippen molar-refractivity contribution in [3.8, 4) is 0 Å². The smallest absolute Gasteiger partial charge is 0.0171 e. The van der Waals surface area contributed by atoms with Gasteiger partial charge in [-0.2, -0.15) is 11.3 Å². The molecule has 92 valence electrons. The Morgan fingerprint density at radius 2 is 2.00 bits per heavy atom. The minimum Gasteiger partial charge on any atom is -0.300 e. The molecule has 0 radical (unpaired) electrons. The van der Waals surface area contributed by atoms with Gasteiger partial charge in [-0.25, -0.2) is 0 Å². The molecule has 2 rings (SSSR count). The van der Waals surface area contributed by atoms with Gasteiger partial charge in [-0.3, -0.25) is 4.90 Å². The van der Waals surface area contributed by atoms with E-state index in [0.717, 1.165) is 12.0 Å². The van der Waals surface area contributed by atoms with Crippen molar-refractivity contribution in [1.29, 1.82) is 0 Å². The van der Waals surface area contributed by atoms with E-state index in [1.165, 1.54) is 32.4 Å². The first-order valence-corrected chi connectivity index (χ1v) is 7.07. The van der Waals surface area contributed by atoms with Crippen molar-refractivity contribution in [3.05, 3.63) is 22.4 Å². The van der Waals surface area contributed by atoms with Crippen molar-refractivity contribution >= 4 is 23.7 Å². The number of halogens is 1. The van der Waals surface area contributed by atoms with Gasteiger partial charge in [-0.05, 0) is 54.7 Å². The number of hydrogen-bond donors (Lipinski definition) is 0. The Hall–Kier alpha value is -0.0500. The maximum atomic E-state index is 2.68. The fraction of sp³-hybridized carbons (Fsp3) is 0.692. The molecule has 0 amide bonds. The molecule has 2 atom stereocenters. The Morgan fingerprint density at radius 1 is 1.31 bits per heavy atom. The molecule has 0 aromatic carbocycles. The summed E-state index contributed by atoms with van der Waals surface area (Å²) < 4.78 is 0. The van der Waals surface area contributed by atoms with Crippen molar-refractivity contribution in [2.24, 2.45) is 0 Å². The van der Waals surface area contributed by atoms with Gasteiger partial charge in [0.2, 0.25) is 0 Å². The van der Waals surface area contributed by atoms with Gasteiger partial charge < -0.3 is 0 Å². The van der Waals surface area contributed by atoms with Gasteiger partial charge in [0.15, 0.2) is 0 Å². The fourth-order valence-corrected chi connectivity index (χ4v) is 3.17. The van der Waals surface area contributed by atoms with E-state index in [1.807, 2.05) is 11.3 Å². The summed E-state index contributed by atoms with van der Waals surface area (Å²) in [6.45, 7) is 7.12. The van der Waals surface area contributed by atoms with Crippen molar-refractivity contribution in [2.75, 3.05) is 13.1 Å². The maximum Gasteiger partial charge on any atom is 0.0171 e. The standard InChI is InChI=1S/C13H21NS.ClH/c1-3-6-14(7-4-2)13-9-12(13)11-5-8-15-10-11;/h5,8,10,12-13H,3-4,6-7,9H2,1-2H3;1H. The van der Waals surface area contributed by atoms with Crippen LogP contribution in [0, 0.1) is 0 Å². The van der Waals surface area contributed by atoms with Crippen LogP contribution in [0.5, 0.6) is 0 Å². The summed E-state index contributed by atoms with van der Waals surface area (Å²) in [4.78, 5) is 2.68. The predicted molar refractivity (Wildman–Crippen MR) is 74.9 cm³/mol. The molecule has 1 heterocycles. The molecule has 2 unspecified atom stereocenters. The molecule has 1 saturated carbocycles. The van der Waals surface area contributed by atoms with E-state index in [4.69, 9.17) is 0 Å². The summed E-state index contributed by atoms with van der Waals surface area (Å²) in [5.74, 6) is 0.842. The van der Waals surface area contributed by atoms with E-state index in [9.17, 15) is 0 Å². The minimum absolute atomic E-state index is 0. The molecule has 1 aromatic rings. The molecule has 1 fully saturated rings. The molecule has 0 bridgehead atoms. The number of thiophene rings is 1. The lowest BCUT2D eigenvalue weighted by molar-refractivity contribution is 0.260. The lowest BCUT2D eigenvalue weighted by Gasteiger charge is -2.21. The first-order valence-electron chi connectivity index (χ1n) is 6.13. The molecule has 1 aliphatic rings. The molecule has 1 nitrogen and oxygen atoms in total. The molecular formula is C13H22ClNS. The SMILES string of the molecule is CCCN(CCC)C1CC1c1ccsc1.Cl. The third-order valence-electron chi connectivity index (χ3n) is 3.22. The quantitative estimate of drug-likeness (QED) is 0.742. The van der Waals surface area contributed by atoms with E-state index in [2.05, 4.69) is 35.6 Å². The van der Waals surface area contributed by atoms with E-state index in [1.54, 1.807) is 5.56 Å². The van der Waals surface area contributed by atoms with Crippen LogP contribution in [0.2, 0.25) is 0 Å². The van der Waals surface area contributed by atoms with Crippen molar-refractivity contribution in [1.82, 2.24) is 4.90 Å². The summed E-state index contributed by atoms with van der Waals surface area (Å²) in [6.07, 6.45) is 3.95. The van der Waals surface area contributed by atoms with Gasteiger partial charge >= 0.3 is 0 Å². The summed E-state index contributed by atoms with van der Waals surface area (Å²) in [7, 11) is 0. The van der Waals surface area contributed by atoms with Crippen LogP contribution in [0.15, 0.2) is 16.8 Å². The Labute approximate surface area is 109 Å². The number of rotatable bonds is 6. The van der Waals surface area contributed by atoms with Crippen LogP contribution in [0.25, 0.3) is 0 Å². The average molecular weight is 260 g/mol. The van der Waals surface area contributed by atoms with Crippen LogP contribution >= 0.6 is 23.7 Å². The lowest BCUT2D eigenvalue weighted by Crippen LogP contribution is -2.28. The van der Waals surface area contributed by atoms with Gasteiger partial charge in [0.05, 0.1) is 0 Å². The average Bonchev–Trinajstić information content (AvgIpc) is 2.84. The van der Waals surface area contributed by atoms with Crippen molar-refractivity contribution in [2.45, 2.75) is 45.1 Å². The summed E-state index contributed by atoms with van der Waals surface area (Å²) in [5.41, 5.74) is 1.57. The summed E-state index contributed by atoms with van der Waals surface area (Å²) in [5, 5.41) is 4.52. The Kier molecular flexibility index (Phi) is 5.81. The van der Waals surface area contributed by atoms with Gasteiger partial charge in [-0.1, -0.05) is 13.8 Å². The molecule has 0 saturated heterocycles. The zero-order chi connectivity index (χ0) is 10.7. The second-order valence-electron chi connectivity index (χ2n) is 4.50. The molecule has 0 N–H and O–H groups in total. The Morgan fingerprint density at radius 3 is 2.50 bits per heavy atom. The van der Waals surface area contributed by atoms with E-state index in [-0.39, 0.29) is 12.4 Å². The topological polar surface area (TPSA) is 3.24 Å². The molecule has 16 heavy (non-hydrogen) atoms. The maximum absolute atomic E-state index is 2.68. The second kappa shape index (κ2) is 6.63. The largest absolute Gasteiger partial charge is 0.300 e. The predicted octanol–water partition coefficient (Wildman–Crippen LogP) is 4.15. The molecule has 0 aliphatic heterocycles. The lowest BCUT2D eigenvalue weighted by atomic mass is 10.2. The van der Waals surface area contributed by atoms with Crippen LogP contribution < -0.4 is 0 Å². The summed E-state index contributed by atoms with van der Waals surface area (Å²) >= 11 is 1.83. The monoisotopic (exact) mass is 259 g/mol. The van der Waals surface area contributed by atoms with Crippen molar-refractivity contribution < 1.29 is 0 Å². The molecule has 1 aliphatic carbocycles. The molecule has 3 heteroatoms. The molecular weight excluding hydrogens is 238 g/mol. The highest BCUT2D eigenvalue weighted by atomic mass is 35.5. The van der Waals surface area contributed by atoms with Gasteiger partial charge in [-0.15, -0.1) is 12.4 Å². The van der Waals surface area contributed by atoms with Crippen LogP contribution in [0.4, 0.5) is 0 Å². The third-order valence-corrected chi connectivity index (χ3v) is 3.92. The van der Waals surface area contributed by atoms with E-state index in [0.29, 0.717) is 0 Å². The first kappa shape index (κ1) is 14.0. The van der Waals surface area contributed by atoms with Crippen LogP contribution in [-0.4, -0.2) is 24.0 Å². The highest BCUT2D eigenvalue weighted by molar-refractivity contribution is 7.08. The van der Waals surface area contributed by atoms with Crippen LogP contribution in [-0.2, 0) is 0 Å². The minimum atomic E-state index is 0. The number of nitrogens with zero attached hydrogens (tertiary/aromatic N) is 1. The third kappa shape index (κ3) is 3.22. The van der Waals surface area contributed by atoms with Gasteiger partial charge in [0.1, 0.15) is 0 Å².